The maximum atomic E-state index is 11.8. The molecule has 0 saturated heterocycles. The summed E-state index contributed by atoms with van der Waals surface area (Å²) in [7, 11) is 0. The number of anilines is 1. The maximum absolute atomic E-state index is 11.8. The summed E-state index contributed by atoms with van der Waals surface area (Å²) in [5.74, 6) is -0.138. The van der Waals surface area contributed by atoms with Crippen molar-refractivity contribution in [3.05, 3.63) is 65.7 Å². The minimum Gasteiger partial charge on any atom is -0.345 e. The molecule has 0 unspecified atom stereocenters. The molecule has 3 N–H and O–H groups in total. The summed E-state index contributed by atoms with van der Waals surface area (Å²) in [4.78, 5) is 11.8. The van der Waals surface area contributed by atoms with E-state index in [1.165, 1.54) is 5.56 Å². The van der Waals surface area contributed by atoms with E-state index in [0.717, 1.165) is 5.69 Å². The van der Waals surface area contributed by atoms with Crippen molar-refractivity contribution >= 4 is 28.9 Å². The predicted octanol–water partition coefficient (Wildman–Crippen LogP) is 2.67. The van der Waals surface area contributed by atoms with Crippen LogP contribution in [-0.4, -0.2) is 17.7 Å². The lowest BCUT2D eigenvalue weighted by Crippen LogP contribution is -2.39. The number of hydrogen-bond acceptors (Lipinski definition) is 2. The number of benzene rings is 2. The number of aryl methyl sites for hydroxylation is 1. The predicted molar refractivity (Wildman–Crippen MR) is 89.3 cm³/mol. The molecule has 0 aliphatic rings. The van der Waals surface area contributed by atoms with Crippen LogP contribution in [-0.2, 0) is 0 Å². The second-order valence-electron chi connectivity index (χ2n) is 4.55. The molecule has 4 nitrogen and oxygen atoms in total. The molecular formula is C16H17N3OS. The number of thiocarbonyl (C=S) groups is 1. The standard InChI is InChI=1S/C16H17N3OS/c1-12-7-9-14(10-8-12)19-16(21)18-11-17-15(20)13-5-3-2-4-6-13/h2-10H,11H2,1H3,(H,17,20)(H2,18,19,21). The Balaban J connectivity index is 1.74. The van der Waals surface area contributed by atoms with Gasteiger partial charge in [-0.25, -0.2) is 0 Å². The zero-order valence-corrected chi connectivity index (χ0v) is 12.5. The van der Waals surface area contributed by atoms with Gasteiger partial charge in [0.15, 0.2) is 5.11 Å². The summed E-state index contributed by atoms with van der Waals surface area (Å²) in [6.07, 6.45) is 0. The van der Waals surface area contributed by atoms with Crippen molar-refractivity contribution in [1.82, 2.24) is 10.6 Å². The molecule has 0 bridgehead atoms. The highest BCUT2D eigenvalue weighted by atomic mass is 32.1. The molecule has 0 saturated carbocycles. The van der Waals surface area contributed by atoms with Crippen molar-refractivity contribution in [3.63, 3.8) is 0 Å². The fourth-order valence-electron chi connectivity index (χ4n) is 1.71. The van der Waals surface area contributed by atoms with Crippen LogP contribution < -0.4 is 16.0 Å². The van der Waals surface area contributed by atoms with E-state index >= 15 is 0 Å². The van der Waals surface area contributed by atoms with Crippen LogP contribution in [0.2, 0.25) is 0 Å². The van der Waals surface area contributed by atoms with Crippen LogP contribution in [0.4, 0.5) is 5.69 Å². The molecular weight excluding hydrogens is 282 g/mol. The van der Waals surface area contributed by atoms with E-state index in [-0.39, 0.29) is 12.6 Å². The first-order valence-corrected chi connectivity index (χ1v) is 7.01. The Hall–Kier alpha value is -2.40. The first kappa shape index (κ1) is 15.0. The number of rotatable bonds is 4. The molecule has 5 heteroatoms. The van der Waals surface area contributed by atoms with Crippen molar-refractivity contribution in [3.8, 4) is 0 Å². The van der Waals surface area contributed by atoms with Gasteiger partial charge in [0.1, 0.15) is 0 Å². The highest BCUT2D eigenvalue weighted by molar-refractivity contribution is 7.80. The minimum atomic E-state index is -0.138. The topological polar surface area (TPSA) is 53.2 Å². The molecule has 0 radical (unpaired) electrons. The van der Waals surface area contributed by atoms with Crippen molar-refractivity contribution in [2.75, 3.05) is 12.0 Å². The summed E-state index contributed by atoms with van der Waals surface area (Å²) < 4.78 is 0. The van der Waals surface area contributed by atoms with Crippen molar-refractivity contribution in [1.29, 1.82) is 0 Å². The van der Waals surface area contributed by atoms with E-state index in [1.807, 2.05) is 49.4 Å². The highest BCUT2D eigenvalue weighted by Gasteiger charge is 2.03. The Morgan fingerprint density at radius 3 is 2.33 bits per heavy atom. The fourth-order valence-corrected chi connectivity index (χ4v) is 1.90. The van der Waals surface area contributed by atoms with Crippen LogP contribution in [0, 0.1) is 6.92 Å². The van der Waals surface area contributed by atoms with Gasteiger partial charge in [-0.1, -0.05) is 35.9 Å². The maximum Gasteiger partial charge on any atom is 0.252 e. The van der Waals surface area contributed by atoms with E-state index in [9.17, 15) is 4.79 Å². The van der Waals surface area contributed by atoms with Gasteiger partial charge in [-0.15, -0.1) is 0 Å². The van der Waals surface area contributed by atoms with Crippen molar-refractivity contribution < 1.29 is 4.79 Å². The second kappa shape index (κ2) is 7.40. The highest BCUT2D eigenvalue weighted by Crippen LogP contribution is 2.07. The number of amides is 1. The van der Waals surface area contributed by atoms with Gasteiger partial charge in [0.2, 0.25) is 0 Å². The molecule has 0 atom stereocenters. The number of carbonyl (C=O) groups is 1. The van der Waals surface area contributed by atoms with Gasteiger partial charge in [-0.3, -0.25) is 4.79 Å². The number of carbonyl (C=O) groups excluding carboxylic acids is 1. The van der Waals surface area contributed by atoms with Gasteiger partial charge in [0.05, 0.1) is 6.67 Å². The zero-order chi connectivity index (χ0) is 15.1. The van der Waals surface area contributed by atoms with Crippen molar-refractivity contribution in [2.45, 2.75) is 6.92 Å². The average molecular weight is 299 g/mol. The molecule has 2 rings (SSSR count). The summed E-state index contributed by atoms with van der Waals surface area (Å²) >= 11 is 5.16. The molecule has 0 spiro atoms. The van der Waals surface area contributed by atoms with Crippen LogP contribution in [0.15, 0.2) is 54.6 Å². The van der Waals surface area contributed by atoms with Crippen LogP contribution >= 0.6 is 12.2 Å². The van der Waals surface area contributed by atoms with Gasteiger partial charge in [0.25, 0.3) is 5.91 Å². The van der Waals surface area contributed by atoms with Crippen LogP contribution in [0.5, 0.6) is 0 Å². The first-order chi connectivity index (χ1) is 10.1. The molecule has 0 aliphatic heterocycles. The summed E-state index contributed by atoms with van der Waals surface area (Å²) in [6.45, 7) is 2.30. The van der Waals surface area contributed by atoms with E-state index in [0.29, 0.717) is 10.7 Å². The molecule has 2 aromatic carbocycles. The Bertz CT molecular complexity index is 611. The molecule has 0 heterocycles. The van der Waals surface area contributed by atoms with Gasteiger partial charge in [-0.05, 0) is 43.4 Å². The average Bonchev–Trinajstić information content (AvgIpc) is 2.50. The minimum absolute atomic E-state index is 0.138. The van der Waals surface area contributed by atoms with E-state index in [2.05, 4.69) is 16.0 Å². The Kier molecular flexibility index (Phi) is 5.29. The van der Waals surface area contributed by atoms with Gasteiger partial charge in [-0.2, -0.15) is 0 Å². The van der Waals surface area contributed by atoms with E-state index in [1.54, 1.807) is 12.1 Å². The van der Waals surface area contributed by atoms with Crippen LogP contribution in [0.25, 0.3) is 0 Å². The van der Waals surface area contributed by atoms with Crippen molar-refractivity contribution in [2.24, 2.45) is 0 Å². The smallest absolute Gasteiger partial charge is 0.252 e. The second-order valence-corrected chi connectivity index (χ2v) is 4.95. The molecule has 0 aromatic heterocycles. The SMILES string of the molecule is Cc1ccc(NC(=S)NCNC(=O)c2ccccc2)cc1. The number of hydrogen-bond donors (Lipinski definition) is 3. The third-order valence-corrected chi connectivity index (χ3v) is 3.09. The van der Waals surface area contributed by atoms with Gasteiger partial charge >= 0.3 is 0 Å². The lowest BCUT2D eigenvalue weighted by molar-refractivity contribution is 0.0953. The quantitative estimate of drug-likeness (QED) is 0.600. The Morgan fingerprint density at radius 2 is 1.67 bits per heavy atom. The molecule has 2 aromatic rings. The number of nitrogens with one attached hydrogen (secondary N) is 3. The lowest BCUT2D eigenvalue weighted by Gasteiger charge is -2.11. The van der Waals surface area contributed by atoms with Crippen LogP contribution in [0.1, 0.15) is 15.9 Å². The Morgan fingerprint density at radius 1 is 1.00 bits per heavy atom. The molecule has 1 amide bonds. The summed E-state index contributed by atoms with van der Waals surface area (Å²) in [5.41, 5.74) is 2.72. The molecule has 21 heavy (non-hydrogen) atoms. The normalized spacial score (nSPS) is 9.76. The molecule has 0 fully saturated rings. The zero-order valence-electron chi connectivity index (χ0n) is 11.7. The van der Waals surface area contributed by atoms with Crippen LogP contribution in [0.3, 0.4) is 0 Å². The van der Waals surface area contributed by atoms with E-state index in [4.69, 9.17) is 12.2 Å². The molecule has 0 aliphatic carbocycles. The summed E-state index contributed by atoms with van der Waals surface area (Å²) in [6, 6.07) is 17.0. The van der Waals surface area contributed by atoms with E-state index < -0.39 is 0 Å². The fraction of sp³-hybridized carbons (Fsp3) is 0.125. The first-order valence-electron chi connectivity index (χ1n) is 6.60. The largest absolute Gasteiger partial charge is 0.345 e. The third-order valence-electron chi connectivity index (χ3n) is 2.84. The van der Waals surface area contributed by atoms with Gasteiger partial charge in [0, 0.05) is 11.3 Å². The van der Waals surface area contributed by atoms with Gasteiger partial charge < -0.3 is 16.0 Å². The Labute approximate surface area is 129 Å². The third kappa shape index (κ3) is 4.89. The monoisotopic (exact) mass is 299 g/mol. The summed E-state index contributed by atoms with van der Waals surface area (Å²) in [5, 5.41) is 9.20. The lowest BCUT2D eigenvalue weighted by atomic mass is 10.2. The molecule has 108 valence electrons.